The van der Waals surface area contributed by atoms with Crippen molar-refractivity contribution in [1.82, 2.24) is 0 Å². The lowest BCUT2D eigenvalue weighted by molar-refractivity contribution is -0.0458. The zero-order valence-corrected chi connectivity index (χ0v) is 14.4. The summed E-state index contributed by atoms with van der Waals surface area (Å²) < 4.78 is 11.1. The van der Waals surface area contributed by atoms with Crippen LogP contribution in [0, 0.1) is 11.8 Å². The van der Waals surface area contributed by atoms with Crippen LogP contribution in [0.3, 0.4) is 0 Å². The number of rotatable bonds is 2. The van der Waals surface area contributed by atoms with Crippen LogP contribution in [0.1, 0.15) is 67.0 Å². The lowest BCUT2D eigenvalue weighted by Gasteiger charge is -2.47. The molecule has 24 heavy (non-hydrogen) atoms. The normalized spacial score (nSPS) is 30.0. The van der Waals surface area contributed by atoms with Crippen LogP contribution in [-0.2, 0) is 9.47 Å². The van der Waals surface area contributed by atoms with E-state index in [1.807, 2.05) is 18.2 Å². The molecule has 2 fully saturated rings. The van der Waals surface area contributed by atoms with Gasteiger partial charge in [0, 0.05) is 29.8 Å². The summed E-state index contributed by atoms with van der Waals surface area (Å²) >= 11 is 0. The maximum absolute atomic E-state index is 11.9. The fourth-order valence-corrected chi connectivity index (χ4v) is 4.91. The van der Waals surface area contributed by atoms with Gasteiger partial charge in [0.1, 0.15) is 0 Å². The summed E-state index contributed by atoms with van der Waals surface area (Å²) in [5, 5.41) is 3.82. The molecule has 4 rings (SSSR count). The number of fused-ring (bicyclic) bond motifs is 3. The first-order valence-corrected chi connectivity index (χ1v) is 9.38. The minimum atomic E-state index is -0.278. The number of esters is 1. The van der Waals surface area contributed by atoms with Gasteiger partial charge < -0.3 is 14.8 Å². The first-order valence-electron chi connectivity index (χ1n) is 9.38. The highest BCUT2D eigenvalue weighted by Crippen LogP contribution is 2.47. The molecule has 0 spiro atoms. The van der Waals surface area contributed by atoms with Gasteiger partial charge in [-0.2, -0.15) is 0 Å². The number of hydrogen-bond acceptors (Lipinski definition) is 4. The highest BCUT2D eigenvalue weighted by molar-refractivity contribution is 5.90. The van der Waals surface area contributed by atoms with Crippen molar-refractivity contribution in [2.75, 3.05) is 19.0 Å². The number of carbonyl (C=O) groups is 1. The van der Waals surface area contributed by atoms with Crippen molar-refractivity contribution in [2.45, 2.75) is 57.1 Å². The average molecular weight is 329 g/mol. The van der Waals surface area contributed by atoms with Crippen molar-refractivity contribution >= 4 is 11.7 Å². The zero-order valence-electron chi connectivity index (χ0n) is 14.4. The van der Waals surface area contributed by atoms with E-state index >= 15 is 0 Å². The molecule has 3 atom stereocenters. The van der Waals surface area contributed by atoms with Gasteiger partial charge in [0.2, 0.25) is 0 Å². The Morgan fingerprint density at radius 1 is 1.17 bits per heavy atom. The number of carbonyl (C=O) groups excluding carboxylic acids is 1. The third kappa shape index (κ3) is 2.81. The van der Waals surface area contributed by atoms with E-state index in [0.717, 1.165) is 30.2 Å². The van der Waals surface area contributed by atoms with Crippen LogP contribution in [0.15, 0.2) is 18.2 Å². The summed E-state index contributed by atoms with van der Waals surface area (Å²) in [5.41, 5.74) is 2.89. The molecule has 0 unspecified atom stereocenters. The van der Waals surface area contributed by atoms with Crippen molar-refractivity contribution < 1.29 is 14.3 Å². The van der Waals surface area contributed by atoms with E-state index in [0.29, 0.717) is 17.5 Å². The first-order chi connectivity index (χ1) is 11.8. The van der Waals surface area contributed by atoms with Crippen LogP contribution in [-0.4, -0.2) is 25.7 Å². The second-order valence-electron chi connectivity index (χ2n) is 7.46. The minimum absolute atomic E-state index is 0.117. The highest BCUT2D eigenvalue weighted by atomic mass is 16.5. The molecule has 4 nitrogen and oxygen atoms in total. The number of hydrogen-bond donors (Lipinski definition) is 1. The summed E-state index contributed by atoms with van der Waals surface area (Å²) in [6.45, 7) is 0.820. The van der Waals surface area contributed by atoms with Crippen molar-refractivity contribution in [2.24, 2.45) is 11.8 Å². The van der Waals surface area contributed by atoms with E-state index in [1.165, 1.54) is 45.6 Å². The fourth-order valence-electron chi connectivity index (χ4n) is 4.91. The molecule has 1 aromatic rings. The van der Waals surface area contributed by atoms with E-state index in [2.05, 4.69) is 5.32 Å². The third-order valence-corrected chi connectivity index (χ3v) is 6.09. The third-order valence-electron chi connectivity index (χ3n) is 6.09. The molecule has 1 saturated carbocycles. The number of methoxy groups -OCH3 is 1. The number of anilines is 1. The molecule has 130 valence electrons. The van der Waals surface area contributed by atoms with Crippen LogP contribution in [0.4, 0.5) is 5.69 Å². The van der Waals surface area contributed by atoms with E-state index in [-0.39, 0.29) is 12.1 Å². The second-order valence-corrected chi connectivity index (χ2v) is 7.46. The van der Waals surface area contributed by atoms with Gasteiger partial charge in [-0.25, -0.2) is 4.79 Å². The SMILES string of the molecule is COC(=O)c1ccc2c(c1)[C@H]1OCCC[C@H]1[C@@H](C1CCCCC1)N2. The van der Waals surface area contributed by atoms with Gasteiger partial charge in [-0.05, 0) is 49.8 Å². The molecule has 0 bridgehead atoms. The van der Waals surface area contributed by atoms with E-state index < -0.39 is 0 Å². The topological polar surface area (TPSA) is 47.6 Å². The van der Waals surface area contributed by atoms with Crippen LogP contribution in [0.5, 0.6) is 0 Å². The number of nitrogens with one attached hydrogen (secondary N) is 1. The molecular formula is C20H27NO3. The fraction of sp³-hybridized carbons (Fsp3) is 0.650. The Morgan fingerprint density at radius 3 is 2.79 bits per heavy atom. The molecular weight excluding hydrogens is 302 g/mol. The monoisotopic (exact) mass is 329 g/mol. The Labute approximate surface area is 143 Å². The van der Waals surface area contributed by atoms with Crippen molar-refractivity contribution in [3.05, 3.63) is 29.3 Å². The van der Waals surface area contributed by atoms with E-state index in [1.54, 1.807) is 0 Å². The van der Waals surface area contributed by atoms with Crippen LogP contribution in [0.25, 0.3) is 0 Å². The molecule has 0 aromatic heterocycles. The Bertz CT molecular complexity index is 609. The smallest absolute Gasteiger partial charge is 0.337 e. The highest BCUT2D eigenvalue weighted by Gasteiger charge is 2.42. The predicted molar refractivity (Wildman–Crippen MR) is 93.2 cm³/mol. The van der Waals surface area contributed by atoms with Crippen LogP contribution >= 0.6 is 0 Å². The summed E-state index contributed by atoms with van der Waals surface area (Å²) in [4.78, 5) is 11.9. The van der Waals surface area contributed by atoms with E-state index in [4.69, 9.17) is 9.47 Å². The molecule has 1 N–H and O–H groups in total. The molecule has 3 aliphatic rings. The van der Waals surface area contributed by atoms with Gasteiger partial charge >= 0.3 is 5.97 Å². The largest absolute Gasteiger partial charge is 0.465 e. The van der Waals surface area contributed by atoms with Gasteiger partial charge in [0.15, 0.2) is 0 Å². The predicted octanol–water partition coefficient (Wildman–Crippen LogP) is 4.32. The number of ether oxygens (including phenoxy) is 2. The molecule has 0 amide bonds. The minimum Gasteiger partial charge on any atom is -0.465 e. The van der Waals surface area contributed by atoms with E-state index in [9.17, 15) is 4.79 Å². The van der Waals surface area contributed by atoms with Crippen LogP contribution < -0.4 is 5.32 Å². The van der Waals surface area contributed by atoms with Crippen molar-refractivity contribution in [1.29, 1.82) is 0 Å². The Hall–Kier alpha value is -1.55. The van der Waals surface area contributed by atoms with Gasteiger partial charge in [-0.3, -0.25) is 0 Å². The second kappa shape index (κ2) is 6.75. The van der Waals surface area contributed by atoms with Crippen molar-refractivity contribution in [3.8, 4) is 0 Å². The number of benzene rings is 1. The quantitative estimate of drug-likeness (QED) is 0.821. The van der Waals surface area contributed by atoms with Gasteiger partial charge in [-0.15, -0.1) is 0 Å². The Balaban J connectivity index is 1.67. The first kappa shape index (κ1) is 15.9. The Morgan fingerprint density at radius 2 is 2.00 bits per heavy atom. The lowest BCUT2D eigenvalue weighted by atomic mass is 9.71. The maximum Gasteiger partial charge on any atom is 0.337 e. The maximum atomic E-state index is 11.9. The molecule has 1 saturated heterocycles. The zero-order chi connectivity index (χ0) is 16.5. The lowest BCUT2D eigenvalue weighted by Crippen LogP contribution is -2.46. The standard InChI is InChI=1S/C20H27NO3/c1-23-20(22)14-9-10-17-16(12-14)19-15(8-5-11-24-19)18(21-17)13-6-3-2-4-7-13/h9-10,12-13,15,18-19,21H,2-8,11H2,1H3/t15-,18+,19-/m0/s1. The van der Waals surface area contributed by atoms with Gasteiger partial charge in [-0.1, -0.05) is 19.3 Å². The summed E-state index contributed by atoms with van der Waals surface area (Å²) in [6, 6.07) is 6.37. The molecule has 1 aromatic carbocycles. The summed E-state index contributed by atoms with van der Waals surface area (Å²) in [5.74, 6) is 0.989. The molecule has 1 aliphatic carbocycles. The summed E-state index contributed by atoms with van der Waals surface area (Å²) in [6.07, 6.45) is 9.22. The molecule has 0 radical (unpaired) electrons. The van der Waals surface area contributed by atoms with Gasteiger partial charge in [0.25, 0.3) is 0 Å². The molecule has 4 heteroatoms. The average Bonchev–Trinajstić information content (AvgIpc) is 2.67. The van der Waals surface area contributed by atoms with Crippen LogP contribution in [0.2, 0.25) is 0 Å². The molecule has 2 aliphatic heterocycles. The summed E-state index contributed by atoms with van der Waals surface area (Å²) in [7, 11) is 1.43. The van der Waals surface area contributed by atoms with Crippen molar-refractivity contribution in [3.63, 3.8) is 0 Å². The van der Waals surface area contributed by atoms with Gasteiger partial charge in [0.05, 0.1) is 18.8 Å². The molecule has 2 heterocycles. The Kier molecular flexibility index (Phi) is 4.49.